The van der Waals surface area contributed by atoms with Crippen LogP contribution >= 0.6 is 15.9 Å². The van der Waals surface area contributed by atoms with Crippen LogP contribution in [-0.2, 0) is 11.4 Å². The third kappa shape index (κ3) is 4.59. The Morgan fingerprint density at radius 2 is 2.08 bits per heavy atom. The number of piperidine rings is 1. The number of nitrogens with two attached hydrogens (primary N) is 1. The van der Waals surface area contributed by atoms with Crippen molar-refractivity contribution in [2.75, 3.05) is 33.0 Å². The molecule has 2 amide bonds. The van der Waals surface area contributed by atoms with Gasteiger partial charge < -0.3 is 16.0 Å². The molecule has 0 unspecified atom stereocenters. The van der Waals surface area contributed by atoms with E-state index in [4.69, 9.17) is 15.6 Å². The van der Waals surface area contributed by atoms with Crippen LogP contribution in [0.5, 0.6) is 0 Å². The van der Waals surface area contributed by atoms with Crippen LogP contribution in [0.2, 0.25) is 0 Å². The van der Waals surface area contributed by atoms with Crippen LogP contribution in [0.15, 0.2) is 41.1 Å². The maximum Gasteiger partial charge on any atom is 0.343 e. The van der Waals surface area contributed by atoms with E-state index in [2.05, 4.69) is 31.3 Å². The number of nitrogen functional groups attached to an aromatic ring is 1. The van der Waals surface area contributed by atoms with Gasteiger partial charge in [-0.2, -0.15) is 9.61 Å². The molecule has 0 saturated carbocycles. The second-order valence-electron chi connectivity index (χ2n) is 8.72. The molecule has 4 aromatic rings. The van der Waals surface area contributed by atoms with Crippen LogP contribution in [0, 0.1) is 5.82 Å². The number of pyridine rings is 1. The number of likely N-dealkylation sites (tertiary alicyclic amines) is 1. The number of anilines is 1. The average Bonchev–Trinajstić information content (AvgIpc) is 3.32. The van der Waals surface area contributed by atoms with Crippen LogP contribution < -0.4 is 11.1 Å². The van der Waals surface area contributed by atoms with Gasteiger partial charge in [-0.3, -0.25) is 9.82 Å². The van der Waals surface area contributed by atoms with E-state index in [1.54, 1.807) is 34.9 Å². The summed E-state index contributed by atoms with van der Waals surface area (Å²) in [4.78, 5) is 28.4. The van der Waals surface area contributed by atoms with Crippen molar-refractivity contribution >= 4 is 44.3 Å². The van der Waals surface area contributed by atoms with Crippen molar-refractivity contribution in [2.45, 2.75) is 25.4 Å². The Kier molecular flexibility index (Phi) is 6.73. The second kappa shape index (κ2) is 9.96. The van der Waals surface area contributed by atoms with Crippen LogP contribution in [-0.4, -0.2) is 68.9 Å². The van der Waals surface area contributed by atoms with E-state index in [1.807, 2.05) is 6.07 Å². The summed E-state index contributed by atoms with van der Waals surface area (Å²) in [5, 5.41) is 9.88. The lowest BCUT2D eigenvalue weighted by atomic mass is 10.1. The summed E-state index contributed by atoms with van der Waals surface area (Å²) >= 11 is 3.57. The monoisotopic (exact) mass is 556 g/mol. The molecule has 36 heavy (non-hydrogen) atoms. The van der Waals surface area contributed by atoms with Crippen LogP contribution in [0.25, 0.3) is 27.7 Å². The van der Waals surface area contributed by atoms with Gasteiger partial charge in [-0.25, -0.2) is 19.2 Å². The molecular weight excluding hydrogens is 531 g/mol. The van der Waals surface area contributed by atoms with E-state index in [1.165, 1.54) is 24.3 Å². The molecule has 12 heteroatoms. The van der Waals surface area contributed by atoms with Gasteiger partial charge in [-0.1, -0.05) is 0 Å². The first kappa shape index (κ1) is 24.3. The summed E-state index contributed by atoms with van der Waals surface area (Å²) in [5.41, 5.74) is 9.95. The predicted octanol–water partition coefficient (Wildman–Crippen LogP) is 3.60. The molecule has 3 N–H and O–H groups in total. The van der Waals surface area contributed by atoms with E-state index >= 15 is 0 Å². The number of rotatable bonds is 5. The first-order valence-corrected chi connectivity index (χ1v) is 12.3. The Balaban J connectivity index is 1.36. The quantitative estimate of drug-likeness (QED) is 0.361. The Labute approximate surface area is 215 Å². The zero-order chi connectivity index (χ0) is 25.4. The fourth-order valence-electron chi connectivity index (χ4n) is 4.41. The molecule has 0 aliphatic carbocycles. The largest absolute Gasteiger partial charge is 0.383 e. The summed E-state index contributed by atoms with van der Waals surface area (Å²) < 4.78 is 16.0. The van der Waals surface area contributed by atoms with Gasteiger partial charge in [0.2, 0.25) is 0 Å². The van der Waals surface area contributed by atoms with Gasteiger partial charge >= 0.3 is 6.03 Å². The number of hydrogen-bond acceptors (Lipinski definition) is 7. The predicted molar refractivity (Wildman–Crippen MR) is 137 cm³/mol. The zero-order valence-corrected chi connectivity index (χ0v) is 21.5. The van der Waals surface area contributed by atoms with Gasteiger partial charge in [0.05, 0.1) is 29.0 Å². The summed E-state index contributed by atoms with van der Waals surface area (Å²) in [6.07, 6.45) is 5.05. The molecule has 1 aromatic carbocycles. The Morgan fingerprint density at radius 3 is 2.83 bits per heavy atom. The summed E-state index contributed by atoms with van der Waals surface area (Å²) in [5.74, 6) is 0.118. The lowest BCUT2D eigenvalue weighted by molar-refractivity contribution is -0.0774. The number of hydrogen-bond donors (Lipinski definition) is 2. The number of carbonyl (C=O) groups excluding carboxylic acids is 1. The third-order valence-electron chi connectivity index (χ3n) is 6.51. The molecule has 1 fully saturated rings. The topological polar surface area (TPSA) is 114 Å². The van der Waals surface area contributed by atoms with Gasteiger partial charge in [0.1, 0.15) is 11.6 Å². The van der Waals surface area contributed by atoms with Crippen molar-refractivity contribution in [1.29, 1.82) is 0 Å². The molecular formula is C24H26BrFN8O2. The summed E-state index contributed by atoms with van der Waals surface area (Å²) in [6, 6.07) is 6.46. The lowest BCUT2D eigenvalue weighted by Gasteiger charge is -2.34. The smallest absolute Gasteiger partial charge is 0.343 e. The van der Waals surface area contributed by atoms with Gasteiger partial charge in [-0.05, 0) is 53.0 Å². The number of amides is 2. The Bertz CT molecular complexity index is 1440. The highest BCUT2D eigenvalue weighted by molar-refractivity contribution is 9.10. The van der Waals surface area contributed by atoms with Gasteiger partial charge in [-0.15, -0.1) is 0 Å². The molecule has 0 bridgehead atoms. The SMILES string of the molecule is CON(C)C(=O)N1CCC(NCc2nc3c(-c4cnc5ccc(F)cc5c4)cnn3c(N)c2Br)CC1. The maximum atomic E-state index is 13.8. The minimum absolute atomic E-state index is 0.141. The molecule has 4 heterocycles. The molecule has 0 radical (unpaired) electrons. The fraction of sp³-hybridized carbons (Fsp3) is 0.333. The third-order valence-corrected chi connectivity index (χ3v) is 7.38. The molecule has 188 valence electrons. The molecule has 0 atom stereocenters. The van der Waals surface area contributed by atoms with Crippen molar-refractivity contribution < 1.29 is 14.0 Å². The van der Waals surface area contributed by atoms with Gasteiger partial charge in [0, 0.05) is 55.4 Å². The van der Waals surface area contributed by atoms with Crippen molar-refractivity contribution in [3.05, 3.63) is 52.6 Å². The van der Waals surface area contributed by atoms with E-state index < -0.39 is 0 Å². The second-order valence-corrected chi connectivity index (χ2v) is 9.51. The van der Waals surface area contributed by atoms with E-state index in [0.717, 1.165) is 29.7 Å². The van der Waals surface area contributed by atoms with Crippen molar-refractivity contribution in [2.24, 2.45) is 0 Å². The van der Waals surface area contributed by atoms with Crippen LogP contribution in [0.1, 0.15) is 18.5 Å². The number of halogens is 2. The summed E-state index contributed by atoms with van der Waals surface area (Å²) in [7, 11) is 3.08. The molecule has 0 spiro atoms. The fourth-order valence-corrected chi connectivity index (χ4v) is 4.80. The van der Waals surface area contributed by atoms with Crippen LogP contribution in [0.3, 0.4) is 0 Å². The van der Waals surface area contributed by atoms with Gasteiger partial charge in [0.25, 0.3) is 0 Å². The number of benzene rings is 1. The minimum Gasteiger partial charge on any atom is -0.383 e. The number of nitrogens with one attached hydrogen (secondary N) is 1. The standard InChI is InChI=1S/C24H26BrFN8O2/c1-32(36-2)24(35)33-7-5-17(6-8-33)28-13-20-21(25)22(27)34-23(31-20)18(12-30-34)15-9-14-10-16(26)3-4-19(14)29-11-15/h3-4,9-12,17,28H,5-8,13,27H2,1-2H3. The molecule has 1 aliphatic rings. The normalized spacial score (nSPS) is 14.6. The van der Waals surface area contributed by atoms with E-state index in [0.29, 0.717) is 46.5 Å². The number of hydroxylamine groups is 2. The Morgan fingerprint density at radius 1 is 1.31 bits per heavy atom. The van der Waals surface area contributed by atoms with Crippen molar-refractivity contribution in [3.63, 3.8) is 0 Å². The van der Waals surface area contributed by atoms with Crippen LogP contribution in [0.4, 0.5) is 15.0 Å². The van der Waals surface area contributed by atoms with E-state index in [9.17, 15) is 9.18 Å². The lowest BCUT2D eigenvalue weighted by Crippen LogP contribution is -2.48. The number of urea groups is 1. The highest BCUT2D eigenvalue weighted by Crippen LogP contribution is 2.31. The molecule has 3 aromatic heterocycles. The molecule has 5 rings (SSSR count). The molecule has 1 aliphatic heterocycles. The number of carbonyl (C=O) groups is 1. The van der Waals surface area contributed by atoms with Gasteiger partial charge in [0.15, 0.2) is 5.65 Å². The number of fused-ring (bicyclic) bond motifs is 2. The first-order chi connectivity index (χ1) is 17.4. The summed E-state index contributed by atoms with van der Waals surface area (Å²) in [6.45, 7) is 1.77. The number of aromatic nitrogens is 4. The van der Waals surface area contributed by atoms with Crippen molar-refractivity contribution in [1.82, 2.24) is 34.9 Å². The average molecular weight is 557 g/mol. The maximum absolute atomic E-state index is 13.8. The van der Waals surface area contributed by atoms with E-state index in [-0.39, 0.29) is 17.9 Å². The molecule has 10 nitrogen and oxygen atoms in total. The first-order valence-electron chi connectivity index (χ1n) is 11.5. The highest BCUT2D eigenvalue weighted by atomic mass is 79.9. The highest BCUT2D eigenvalue weighted by Gasteiger charge is 2.25. The minimum atomic E-state index is -0.318. The molecule has 1 saturated heterocycles. The number of nitrogens with zero attached hydrogens (tertiary/aromatic N) is 6. The van der Waals surface area contributed by atoms with Crippen molar-refractivity contribution in [3.8, 4) is 11.1 Å². The Hall–Kier alpha value is -3.35. The zero-order valence-electron chi connectivity index (χ0n) is 19.9.